The van der Waals surface area contributed by atoms with E-state index in [0.29, 0.717) is 30.2 Å². The van der Waals surface area contributed by atoms with Crippen molar-refractivity contribution in [3.63, 3.8) is 0 Å². The number of nitrogens with zero attached hydrogens (tertiary/aromatic N) is 3. The Morgan fingerprint density at radius 3 is 2.68 bits per heavy atom. The fraction of sp³-hybridized carbons (Fsp3) is 0.625. The molecule has 0 bridgehead atoms. The monoisotopic (exact) mass is 351 g/mol. The molecule has 1 aromatic rings. The van der Waals surface area contributed by atoms with Crippen molar-refractivity contribution in [3.8, 4) is 0 Å². The average molecular weight is 351 g/mol. The molecule has 25 heavy (non-hydrogen) atoms. The third-order valence-corrected chi connectivity index (χ3v) is 4.30. The first-order chi connectivity index (χ1) is 11.9. The van der Waals surface area contributed by atoms with E-state index in [1.54, 1.807) is 11.8 Å². The second-order valence-electron chi connectivity index (χ2n) is 6.40. The predicted molar refractivity (Wildman–Crippen MR) is 91.2 cm³/mol. The van der Waals surface area contributed by atoms with Crippen molar-refractivity contribution in [2.24, 2.45) is 0 Å². The number of carboxylic acid groups (broad SMARTS) is 1. The molecule has 1 unspecified atom stereocenters. The summed E-state index contributed by atoms with van der Waals surface area (Å²) in [6, 6.07) is -0.0240. The quantitative estimate of drug-likeness (QED) is 0.674. The molecule has 9 heteroatoms. The number of hydrogen-bond donors (Lipinski definition) is 3. The number of likely N-dealkylation sites (tertiary alicyclic amines) is 1. The highest BCUT2D eigenvalue weighted by molar-refractivity contribution is 5.75. The van der Waals surface area contributed by atoms with E-state index in [1.165, 1.54) is 12.8 Å². The van der Waals surface area contributed by atoms with Gasteiger partial charge in [0.05, 0.1) is 24.3 Å². The van der Waals surface area contributed by atoms with Crippen molar-refractivity contribution >= 4 is 12.5 Å². The second-order valence-corrected chi connectivity index (χ2v) is 6.40. The molecule has 2 amide bonds. The summed E-state index contributed by atoms with van der Waals surface area (Å²) >= 11 is 0. The summed E-state index contributed by atoms with van der Waals surface area (Å²) in [4.78, 5) is 43.6. The lowest BCUT2D eigenvalue weighted by Crippen LogP contribution is -2.46. The lowest BCUT2D eigenvalue weighted by atomic mass is 10.3. The SMILES string of the molecule is Cc1nc2c(c(=O)[nH]1)CN(C(=O)NC(C)CN1CCCC1)C2.O=CO. The molecule has 3 heterocycles. The number of H-pyrrole nitrogens is 1. The van der Waals surface area contributed by atoms with Crippen molar-refractivity contribution in [1.29, 1.82) is 0 Å². The van der Waals surface area contributed by atoms with Gasteiger partial charge in [-0.25, -0.2) is 9.78 Å². The summed E-state index contributed by atoms with van der Waals surface area (Å²) in [5, 5.41) is 9.91. The van der Waals surface area contributed by atoms with Gasteiger partial charge in [0.25, 0.3) is 12.0 Å². The molecular weight excluding hydrogens is 326 g/mol. The molecule has 3 rings (SSSR count). The van der Waals surface area contributed by atoms with Gasteiger partial charge in [-0.1, -0.05) is 0 Å². The molecule has 9 nitrogen and oxygen atoms in total. The topological polar surface area (TPSA) is 119 Å². The summed E-state index contributed by atoms with van der Waals surface area (Å²) in [5.41, 5.74) is 1.18. The molecule has 3 N–H and O–H groups in total. The Morgan fingerprint density at radius 2 is 2.04 bits per heavy atom. The number of urea groups is 1. The standard InChI is InChI=1S/C15H23N5O2.CH2O2/c1-10(7-19-5-3-4-6-19)16-15(22)20-8-12-13(9-20)17-11(2)18-14(12)21;2-1-3/h10H,3-9H2,1-2H3,(H,16,22)(H,17,18,21);1H,(H,2,3). The molecular formula is C16H25N5O4. The van der Waals surface area contributed by atoms with Gasteiger partial charge < -0.3 is 25.2 Å². The molecule has 0 spiro atoms. The zero-order chi connectivity index (χ0) is 18.4. The highest BCUT2D eigenvalue weighted by atomic mass is 16.3. The number of hydrogen-bond acceptors (Lipinski definition) is 5. The number of aromatic amines is 1. The van der Waals surface area contributed by atoms with Crippen LogP contribution in [-0.2, 0) is 17.9 Å². The molecule has 0 saturated carbocycles. The Bertz CT molecular complexity index is 669. The maximum atomic E-state index is 12.4. The minimum atomic E-state index is -0.250. The summed E-state index contributed by atoms with van der Waals surface area (Å²) in [5.74, 6) is 0.591. The third kappa shape index (κ3) is 5.02. The Hall–Kier alpha value is -2.42. The smallest absolute Gasteiger partial charge is 0.318 e. The highest BCUT2D eigenvalue weighted by Gasteiger charge is 2.28. The van der Waals surface area contributed by atoms with Gasteiger partial charge in [-0.2, -0.15) is 0 Å². The zero-order valence-electron chi connectivity index (χ0n) is 14.6. The predicted octanol–water partition coefficient (Wildman–Crippen LogP) is 0.289. The van der Waals surface area contributed by atoms with Crippen molar-refractivity contribution in [2.75, 3.05) is 19.6 Å². The first-order valence-corrected chi connectivity index (χ1v) is 8.39. The van der Waals surface area contributed by atoms with Crippen molar-refractivity contribution in [3.05, 3.63) is 27.4 Å². The largest absolute Gasteiger partial charge is 0.483 e. The Kier molecular flexibility index (Phi) is 6.51. The van der Waals surface area contributed by atoms with Gasteiger partial charge in [-0.3, -0.25) is 9.59 Å². The lowest BCUT2D eigenvalue weighted by Gasteiger charge is -2.24. The van der Waals surface area contributed by atoms with E-state index in [2.05, 4.69) is 20.2 Å². The Labute approximate surface area is 146 Å². The minimum absolute atomic E-state index is 0.0993. The van der Waals surface area contributed by atoms with Crippen LogP contribution in [0.2, 0.25) is 0 Å². The van der Waals surface area contributed by atoms with Crippen LogP contribution >= 0.6 is 0 Å². The fourth-order valence-corrected chi connectivity index (χ4v) is 3.23. The molecule has 1 saturated heterocycles. The highest BCUT2D eigenvalue weighted by Crippen LogP contribution is 2.17. The minimum Gasteiger partial charge on any atom is -0.483 e. The van der Waals surface area contributed by atoms with Crippen LogP contribution in [0.1, 0.15) is 36.8 Å². The van der Waals surface area contributed by atoms with E-state index in [4.69, 9.17) is 9.90 Å². The molecule has 2 aliphatic heterocycles. The van der Waals surface area contributed by atoms with Crippen LogP contribution in [0.15, 0.2) is 4.79 Å². The molecule has 0 aromatic carbocycles. The summed E-state index contributed by atoms with van der Waals surface area (Å²) < 4.78 is 0. The van der Waals surface area contributed by atoms with Crippen LogP contribution in [0.4, 0.5) is 4.79 Å². The van der Waals surface area contributed by atoms with E-state index in [0.717, 1.165) is 19.6 Å². The summed E-state index contributed by atoms with van der Waals surface area (Å²) in [6.45, 7) is 7.38. The maximum absolute atomic E-state index is 12.4. The number of carbonyl (C=O) groups excluding carboxylic acids is 1. The summed E-state index contributed by atoms with van der Waals surface area (Å²) in [6.07, 6.45) is 2.49. The zero-order valence-corrected chi connectivity index (χ0v) is 14.6. The number of aryl methyl sites for hydroxylation is 1. The number of fused-ring (bicyclic) bond motifs is 1. The molecule has 1 atom stereocenters. The van der Waals surface area contributed by atoms with Gasteiger partial charge in [-0.15, -0.1) is 0 Å². The van der Waals surface area contributed by atoms with Gasteiger partial charge in [0.2, 0.25) is 0 Å². The van der Waals surface area contributed by atoms with E-state index >= 15 is 0 Å². The van der Waals surface area contributed by atoms with Crippen molar-refractivity contribution in [1.82, 2.24) is 25.1 Å². The van der Waals surface area contributed by atoms with Gasteiger partial charge in [0.15, 0.2) is 0 Å². The van der Waals surface area contributed by atoms with Crippen LogP contribution in [0.25, 0.3) is 0 Å². The van der Waals surface area contributed by atoms with Gasteiger partial charge >= 0.3 is 6.03 Å². The van der Waals surface area contributed by atoms with E-state index < -0.39 is 0 Å². The van der Waals surface area contributed by atoms with Crippen LogP contribution in [0.5, 0.6) is 0 Å². The molecule has 138 valence electrons. The number of nitrogens with one attached hydrogen (secondary N) is 2. The van der Waals surface area contributed by atoms with Crippen molar-refractivity contribution in [2.45, 2.75) is 45.8 Å². The first kappa shape index (κ1) is 18.9. The Morgan fingerprint density at radius 1 is 1.40 bits per heavy atom. The van der Waals surface area contributed by atoms with Gasteiger partial charge in [0, 0.05) is 12.6 Å². The van der Waals surface area contributed by atoms with Crippen LogP contribution in [0, 0.1) is 6.92 Å². The fourth-order valence-electron chi connectivity index (χ4n) is 3.23. The number of carbonyl (C=O) groups is 2. The second kappa shape index (κ2) is 8.61. The molecule has 0 aliphatic carbocycles. The number of aromatic nitrogens is 2. The van der Waals surface area contributed by atoms with E-state index in [-0.39, 0.29) is 24.1 Å². The summed E-state index contributed by atoms with van der Waals surface area (Å²) in [7, 11) is 0. The van der Waals surface area contributed by atoms with Crippen LogP contribution in [-0.4, -0.2) is 63.1 Å². The molecule has 2 aliphatic rings. The Balaban J connectivity index is 0.000000701. The van der Waals surface area contributed by atoms with Crippen LogP contribution in [0.3, 0.4) is 0 Å². The maximum Gasteiger partial charge on any atom is 0.318 e. The normalized spacial score (nSPS) is 17.4. The van der Waals surface area contributed by atoms with E-state index in [9.17, 15) is 9.59 Å². The van der Waals surface area contributed by atoms with Crippen LogP contribution < -0.4 is 10.9 Å². The first-order valence-electron chi connectivity index (χ1n) is 8.39. The molecule has 1 aromatic heterocycles. The number of rotatable bonds is 3. The molecule has 1 fully saturated rings. The van der Waals surface area contributed by atoms with Gasteiger partial charge in [0.1, 0.15) is 5.82 Å². The van der Waals surface area contributed by atoms with Crippen molar-refractivity contribution < 1.29 is 14.7 Å². The lowest BCUT2D eigenvalue weighted by molar-refractivity contribution is -0.122. The third-order valence-electron chi connectivity index (χ3n) is 4.30. The van der Waals surface area contributed by atoms with E-state index in [1.807, 2.05) is 6.92 Å². The molecule has 0 radical (unpaired) electrons. The average Bonchev–Trinajstić information content (AvgIpc) is 3.17. The van der Waals surface area contributed by atoms with Gasteiger partial charge in [-0.05, 0) is 39.8 Å². The number of amides is 2.